The molecule has 1 aromatic carbocycles. The topological polar surface area (TPSA) is 75.4 Å². The van der Waals surface area contributed by atoms with Crippen molar-refractivity contribution in [1.29, 1.82) is 0 Å². The van der Waals surface area contributed by atoms with Crippen LogP contribution >= 0.6 is 0 Å². The highest BCUT2D eigenvalue weighted by molar-refractivity contribution is 7.89. The van der Waals surface area contributed by atoms with Crippen LogP contribution < -0.4 is 10.5 Å². The minimum atomic E-state index is -3.57. The summed E-state index contributed by atoms with van der Waals surface area (Å²) in [5.41, 5.74) is 6.68. The Labute approximate surface area is 109 Å². The van der Waals surface area contributed by atoms with Gasteiger partial charge >= 0.3 is 0 Å². The van der Waals surface area contributed by atoms with Gasteiger partial charge in [-0.1, -0.05) is 12.1 Å². The maximum atomic E-state index is 12.3. The lowest BCUT2D eigenvalue weighted by Crippen LogP contribution is -2.39. The Kier molecular flexibility index (Phi) is 4.72. The summed E-state index contributed by atoms with van der Waals surface area (Å²) in [4.78, 5) is 2.10. The van der Waals surface area contributed by atoms with Crippen LogP contribution in [0.25, 0.3) is 0 Å². The smallest absolute Gasteiger partial charge is 0.243 e. The summed E-state index contributed by atoms with van der Waals surface area (Å²) in [5, 5.41) is 0. The van der Waals surface area contributed by atoms with Crippen molar-refractivity contribution in [2.24, 2.45) is 0 Å². The number of anilines is 1. The number of hydrogen-bond acceptors (Lipinski definition) is 4. The van der Waals surface area contributed by atoms with E-state index < -0.39 is 10.0 Å². The molecule has 0 heterocycles. The molecule has 0 radical (unpaired) electrons. The number of benzene rings is 1. The van der Waals surface area contributed by atoms with Crippen LogP contribution in [0.15, 0.2) is 23.1 Å². The average molecular weight is 271 g/mol. The first-order valence-corrected chi connectivity index (χ1v) is 7.24. The third kappa shape index (κ3) is 3.69. The molecule has 0 saturated carbocycles. The predicted molar refractivity (Wildman–Crippen MR) is 73.9 cm³/mol. The number of aryl methyl sites for hydroxylation is 1. The number of likely N-dealkylation sites (N-methyl/N-ethyl adjacent to an activating group) is 1. The molecule has 6 heteroatoms. The van der Waals surface area contributed by atoms with Crippen molar-refractivity contribution in [1.82, 2.24) is 9.62 Å². The average Bonchev–Trinajstić information content (AvgIpc) is 2.13. The Morgan fingerprint density at radius 2 is 2.00 bits per heavy atom. The van der Waals surface area contributed by atoms with E-state index in [1.807, 2.05) is 25.9 Å². The lowest BCUT2D eigenvalue weighted by molar-refractivity contribution is 0.370. The van der Waals surface area contributed by atoms with Crippen molar-refractivity contribution in [3.8, 4) is 0 Å². The number of nitrogens with two attached hydrogens (primary N) is 1. The van der Waals surface area contributed by atoms with Crippen molar-refractivity contribution in [3.05, 3.63) is 23.8 Å². The van der Waals surface area contributed by atoms with E-state index in [9.17, 15) is 8.42 Å². The van der Waals surface area contributed by atoms with Crippen LogP contribution in [0.3, 0.4) is 0 Å². The largest absolute Gasteiger partial charge is 0.398 e. The maximum Gasteiger partial charge on any atom is 0.243 e. The molecule has 1 unspecified atom stereocenters. The molecular weight excluding hydrogens is 250 g/mol. The van der Waals surface area contributed by atoms with E-state index in [4.69, 9.17) is 5.73 Å². The van der Waals surface area contributed by atoms with Crippen LogP contribution in [0.2, 0.25) is 0 Å². The number of nitrogens with one attached hydrogen (secondary N) is 1. The van der Waals surface area contributed by atoms with Crippen LogP contribution in [0.5, 0.6) is 0 Å². The van der Waals surface area contributed by atoms with Gasteiger partial charge in [0.15, 0.2) is 0 Å². The number of nitrogen functional groups attached to an aromatic ring is 1. The first-order valence-electron chi connectivity index (χ1n) is 5.76. The van der Waals surface area contributed by atoms with E-state index in [1.54, 1.807) is 25.1 Å². The second kappa shape index (κ2) is 5.69. The van der Waals surface area contributed by atoms with Crippen molar-refractivity contribution in [3.63, 3.8) is 0 Å². The minimum Gasteiger partial charge on any atom is -0.398 e. The van der Waals surface area contributed by atoms with Crippen LogP contribution in [0.1, 0.15) is 12.5 Å². The normalized spacial score (nSPS) is 13.8. The Hall–Kier alpha value is -1.11. The molecular formula is C12H21N3O2S. The van der Waals surface area contributed by atoms with Crippen LogP contribution in [-0.2, 0) is 10.0 Å². The van der Waals surface area contributed by atoms with E-state index in [-0.39, 0.29) is 16.6 Å². The molecule has 1 atom stereocenters. The number of nitrogens with zero attached hydrogens (tertiary/aromatic N) is 1. The van der Waals surface area contributed by atoms with Crippen LogP contribution in [0.4, 0.5) is 5.69 Å². The lowest BCUT2D eigenvalue weighted by atomic mass is 10.2. The molecule has 1 rings (SSSR count). The molecule has 0 aromatic heterocycles. The van der Waals surface area contributed by atoms with Crippen molar-refractivity contribution < 1.29 is 8.42 Å². The first kappa shape index (κ1) is 14.9. The number of hydrogen-bond donors (Lipinski definition) is 2. The van der Waals surface area contributed by atoms with Gasteiger partial charge in [0.25, 0.3) is 0 Å². The molecule has 0 saturated heterocycles. The fourth-order valence-corrected chi connectivity index (χ4v) is 3.54. The Bertz CT molecular complexity index is 492. The third-order valence-electron chi connectivity index (χ3n) is 2.51. The molecule has 0 amide bonds. The minimum absolute atomic E-state index is 0.176. The SMILES string of the molecule is Cc1cccc(N)c1S(=O)(=O)NC(C)CN(C)C. The maximum absolute atomic E-state index is 12.3. The summed E-state index contributed by atoms with van der Waals surface area (Å²) in [6.07, 6.45) is 0. The molecule has 5 nitrogen and oxygen atoms in total. The fraction of sp³-hybridized carbons (Fsp3) is 0.500. The summed E-state index contributed by atoms with van der Waals surface area (Å²) in [5.74, 6) is 0. The van der Waals surface area contributed by atoms with E-state index in [2.05, 4.69) is 4.72 Å². The van der Waals surface area contributed by atoms with Gasteiger partial charge in [-0.05, 0) is 39.6 Å². The Morgan fingerprint density at radius 3 is 2.50 bits per heavy atom. The van der Waals surface area contributed by atoms with Crippen molar-refractivity contribution >= 4 is 15.7 Å². The van der Waals surface area contributed by atoms with Crippen molar-refractivity contribution in [2.75, 3.05) is 26.4 Å². The molecule has 0 aliphatic rings. The monoisotopic (exact) mass is 271 g/mol. The second-order valence-electron chi connectivity index (χ2n) is 4.78. The van der Waals surface area contributed by atoms with Crippen LogP contribution in [0, 0.1) is 6.92 Å². The molecule has 1 aromatic rings. The summed E-state index contributed by atoms with van der Waals surface area (Å²) < 4.78 is 27.1. The lowest BCUT2D eigenvalue weighted by Gasteiger charge is -2.19. The fourth-order valence-electron chi connectivity index (χ4n) is 1.95. The zero-order chi connectivity index (χ0) is 13.9. The summed E-state index contributed by atoms with van der Waals surface area (Å²) >= 11 is 0. The van der Waals surface area contributed by atoms with Gasteiger partial charge in [-0.2, -0.15) is 0 Å². The molecule has 0 aliphatic carbocycles. The molecule has 0 aliphatic heterocycles. The van der Waals surface area contributed by atoms with Gasteiger partial charge in [0, 0.05) is 12.6 Å². The van der Waals surface area contributed by atoms with Gasteiger partial charge < -0.3 is 10.6 Å². The molecule has 0 bridgehead atoms. The standard InChI is InChI=1S/C12H21N3O2S/c1-9-6-5-7-11(13)12(9)18(16,17)14-10(2)8-15(3)4/h5-7,10,14H,8,13H2,1-4H3. The zero-order valence-electron chi connectivity index (χ0n) is 11.3. The summed E-state index contributed by atoms with van der Waals surface area (Å²) in [6.45, 7) is 4.19. The number of rotatable bonds is 5. The Morgan fingerprint density at radius 1 is 1.39 bits per heavy atom. The molecule has 3 N–H and O–H groups in total. The van der Waals surface area contributed by atoms with Crippen LogP contribution in [-0.4, -0.2) is 40.0 Å². The van der Waals surface area contributed by atoms with Gasteiger partial charge in [-0.25, -0.2) is 13.1 Å². The predicted octanol–water partition coefficient (Wildman–Crippen LogP) is 0.806. The zero-order valence-corrected chi connectivity index (χ0v) is 12.1. The van der Waals surface area contributed by atoms with Gasteiger partial charge in [-0.3, -0.25) is 0 Å². The third-order valence-corrected chi connectivity index (χ3v) is 4.31. The Balaban J connectivity index is 3.00. The van der Waals surface area contributed by atoms with E-state index in [0.717, 1.165) is 0 Å². The van der Waals surface area contributed by atoms with Gasteiger partial charge in [0.05, 0.1) is 5.69 Å². The van der Waals surface area contributed by atoms with E-state index in [1.165, 1.54) is 0 Å². The highest BCUT2D eigenvalue weighted by atomic mass is 32.2. The second-order valence-corrected chi connectivity index (χ2v) is 6.43. The highest BCUT2D eigenvalue weighted by Gasteiger charge is 2.22. The molecule has 18 heavy (non-hydrogen) atoms. The molecule has 102 valence electrons. The quantitative estimate of drug-likeness (QED) is 0.777. The highest BCUT2D eigenvalue weighted by Crippen LogP contribution is 2.22. The van der Waals surface area contributed by atoms with E-state index in [0.29, 0.717) is 12.1 Å². The van der Waals surface area contributed by atoms with Crippen molar-refractivity contribution in [2.45, 2.75) is 24.8 Å². The molecule has 0 spiro atoms. The first-order chi connectivity index (χ1) is 8.24. The van der Waals surface area contributed by atoms with Gasteiger partial charge in [0.1, 0.15) is 4.90 Å². The number of sulfonamides is 1. The van der Waals surface area contributed by atoms with Gasteiger partial charge in [-0.15, -0.1) is 0 Å². The van der Waals surface area contributed by atoms with E-state index >= 15 is 0 Å². The summed E-state index contributed by atoms with van der Waals surface area (Å²) in [6, 6.07) is 4.90. The van der Waals surface area contributed by atoms with Gasteiger partial charge in [0.2, 0.25) is 10.0 Å². The molecule has 0 fully saturated rings. The summed E-state index contributed by atoms with van der Waals surface area (Å²) in [7, 11) is 0.223.